The molecule has 0 spiro atoms. The Hall–Kier alpha value is -1.15. The molecule has 0 bridgehead atoms. The van der Waals surface area contributed by atoms with Gasteiger partial charge in [0.15, 0.2) is 0 Å². The van der Waals surface area contributed by atoms with Gasteiger partial charge in [0, 0.05) is 17.1 Å². The average Bonchev–Trinajstić information content (AvgIpc) is 2.80. The number of furan rings is 1. The van der Waals surface area contributed by atoms with Gasteiger partial charge in [-0.3, -0.25) is 0 Å². The summed E-state index contributed by atoms with van der Waals surface area (Å²) in [7, 11) is -3.66. The summed E-state index contributed by atoms with van der Waals surface area (Å²) >= 11 is 3.32. The Balaban J connectivity index is 2.14. The number of aliphatic hydroxyl groups is 1. The SMILES string of the molecule is Cc1oc(CO)cc1S(=O)(=O)NCc1ccc(Br)cc1. The monoisotopic (exact) mass is 359 g/mol. The lowest BCUT2D eigenvalue weighted by molar-refractivity contribution is 0.244. The Kier molecular flexibility index (Phi) is 4.64. The van der Waals surface area contributed by atoms with Crippen LogP contribution >= 0.6 is 15.9 Å². The minimum Gasteiger partial charge on any atom is -0.462 e. The summed E-state index contributed by atoms with van der Waals surface area (Å²) in [6.07, 6.45) is 0. The van der Waals surface area contributed by atoms with Crippen LogP contribution in [0.3, 0.4) is 0 Å². The Bertz CT molecular complexity index is 692. The van der Waals surface area contributed by atoms with Crippen molar-refractivity contribution in [1.29, 1.82) is 0 Å². The van der Waals surface area contributed by atoms with E-state index in [2.05, 4.69) is 20.7 Å². The third kappa shape index (κ3) is 3.49. The molecule has 5 nitrogen and oxygen atoms in total. The quantitative estimate of drug-likeness (QED) is 0.858. The Morgan fingerprint density at radius 1 is 1.30 bits per heavy atom. The molecule has 0 radical (unpaired) electrons. The van der Waals surface area contributed by atoms with Crippen molar-refractivity contribution < 1.29 is 17.9 Å². The zero-order chi connectivity index (χ0) is 14.8. The third-order valence-electron chi connectivity index (χ3n) is 2.75. The fourth-order valence-electron chi connectivity index (χ4n) is 1.73. The van der Waals surface area contributed by atoms with Gasteiger partial charge in [-0.05, 0) is 24.6 Å². The summed E-state index contributed by atoms with van der Waals surface area (Å²) in [6.45, 7) is 1.41. The van der Waals surface area contributed by atoms with Crippen molar-refractivity contribution in [2.45, 2.75) is 25.0 Å². The standard InChI is InChI=1S/C13H14BrNO4S/c1-9-13(6-12(8-16)19-9)20(17,18)15-7-10-2-4-11(14)5-3-10/h2-6,15-16H,7-8H2,1H3. The lowest BCUT2D eigenvalue weighted by atomic mass is 10.2. The number of halogens is 1. The predicted molar refractivity (Wildman–Crippen MR) is 77.5 cm³/mol. The van der Waals surface area contributed by atoms with E-state index in [1.807, 2.05) is 24.3 Å². The van der Waals surface area contributed by atoms with Crippen LogP contribution in [0.15, 0.2) is 44.1 Å². The number of hydrogen-bond acceptors (Lipinski definition) is 4. The highest BCUT2D eigenvalue weighted by Crippen LogP contribution is 2.20. The van der Waals surface area contributed by atoms with Crippen LogP contribution < -0.4 is 4.72 Å². The number of nitrogens with one attached hydrogen (secondary N) is 1. The highest BCUT2D eigenvalue weighted by Gasteiger charge is 2.20. The second-order valence-corrected chi connectivity index (χ2v) is 6.89. The number of hydrogen-bond donors (Lipinski definition) is 2. The largest absolute Gasteiger partial charge is 0.462 e. The minimum absolute atomic E-state index is 0.0543. The maximum absolute atomic E-state index is 12.2. The van der Waals surface area contributed by atoms with Crippen LogP contribution in [-0.2, 0) is 23.2 Å². The summed E-state index contributed by atoms with van der Waals surface area (Å²) in [4.78, 5) is 0.0543. The Labute approximate surface area is 125 Å². The molecule has 0 saturated carbocycles. The van der Waals surface area contributed by atoms with Crippen LogP contribution in [0.1, 0.15) is 17.1 Å². The van der Waals surface area contributed by atoms with Crippen LogP contribution in [0, 0.1) is 6.92 Å². The normalized spacial score (nSPS) is 11.8. The van der Waals surface area contributed by atoms with Crippen molar-refractivity contribution in [2.75, 3.05) is 0 Å². The predicted octanol–water partition coefficient (Wildman–Crippen LogP) is 2.32. The summed E-state index contributed by atoms with van der Waals surface area (Å²) in [5.74, 6) is 0.490. The maximum Gasteiger partial charge on any atom is 0.244 e. The van der Waals surface area contributed by atoms with E-state index in [0.717, 1.165) is 10.0 Å². The number of aryl methyl sites for hydroxylation is 1. The molecule has 0 amide bonds. The second kappa shape index (κ2) is 6.09. The molecular weight excluding hydrogens is 346 g/mol. The third-order valence-corrected chi connectivity index (χ3v) is 4.79. The molecule has 1 aromatic heterocycles. The zero-order valence-electron chi connectivity index (χ0n) is 10.8. The average molecular weight is 360 g/mol. The van der Waals surface area contributed by atoms with Crippen LogP contribution in [0.5, 0.6) is 0 Å². The van der Waals surface area contributed by atoms with Gasteiger partial charge in [-0.2, -0.15) is 0 Å². The fraction of sp³-hybridized carbons (Fsp3) is 0.231. The van der Waals surface area contributed by atoms with Gasteiger partial charge < -0.3 is 9.52 Å². The lowest BCUT2D eigenvalue weighted by Crippen LogP contribution is -2.23. The van der Waals surface area contributed by atoms with Gasteiger partial charge in [0.2, 0.25) is 10.0 Å². The lowest BCUT2D eigenvalue weighted by Gasteiger charge is -2.05. The first-order valence-corrected chi connectivity index (χ1v) is 8.14. The van der Waals surface area contributed by atoms with E-state index in [4.69, 9.17) is 9.52 Å². The van der Waals surface area contributed by atoms with Crippen molar-refractivity contribution in [3.63, 3.8) is 0 Å². The van der Waals surface area contributed by atoms with E-state index >= 15 is 0 Å². The van der Waals surface area contributed by atoms with E-state index in [9.17, 15) is 8.42 Å². The highest BCUT2D eigenvalue weighted by molar-refractivity contribution is 9.10. The van der Waals surface area contributed by atoms with Gasteiger partial charge in [0.1, 0.15) is 23.0 Å². The Morgan fingerprint density at radius 2 is 1.95 bits per heavy atom. The van der Waals surface area contributed by atoms with Crippen molar-refractivity contribution in [1.82, 2.24) is 4.72 Å². The highest BCUT2D eigenvalue weighted by atomic mass is 79.9. The molecule has 0 aliphatic heterocycles. The van der Waals surface area contributed by atoms with E-state index in [0.29, 0.717) is 0 Å². The summed E-state index contributed by atoms with van der Waals surface area (Å²) in [5, 5.41) is 8.96. The van der Waals surface area contributed by atoms with Crippen molar-refractivity contribution >= 4 is 26.0 Å². The van der Waals surface area contributed by atoms with E-state index in [1.54, 1.807) is 6.92 Å². The molecule has 0 fully saturated rings. The van der Waals surface area contributed by atoms with Crippen molar-refractivity contribution in [2.24, 2.45) is 0 Å². The zero-order valence-corrected chi connectivity index (χ0v) is 13.2. The molecule has 2 rings (SSSR count). The number of benzene rings is 1. The molecule has 7 heteroatoms. The topological polar surface area (TPSA) is 79.5 Å². The first-order chi connectivity index (χ1) is 9.42. The first kappa shape index (κ1) is 15.2. The maximum atomic E-state index is 12.2. The van der Waals surface area contributed by atoms with Gasteiger partial charge in [0.05, 0.1) is 0 Å². The molecule has 0 unspecified atom stereocenters. The van der Waals surface area contributed by atoms with Crippen LogP contribution in [0.25, 0.3) is 0 Å². The van der Waals surface area contributed by atoms with Crippen LogP contribution in [-0.4, -0.2) is 13.5 Å². The summed E-state index contributed by atoms with van der Waals surface area (Å²) < 4.78 is 32.9. The van der Waals surface area contributed by atoms with Crippen molar-refractivity contribution in [3.8, 4) is 0 Å². The summed E-state index contributed by atoms with van der Waals surface area (Å²) in [5.41, 5.74) is 0.848. The van der Waals surface area contributed by atoms with E-state index < -0.39 is 10.0 Å². The van der Waals surface area contributed by atoms with Gasteiger partial charge in [-0.25, -0.2) is 13.1 Å². The molecule has 1 aromatic carbocycles. The van der Waals surface area contributed by atoms with Gasteiger partial charge in [-0.15, -0.1) is 0 Å². The minimum atomic E-state index is -3.66. The summed E-state index contributed by atoms with van der Waals surface area (Å²) in [6, 6.07) is 8.68. The number of aliphatic hydroxyl groups excluding tert-OH is 1. The molecule has 2 N–H and O–H groups in total. The van der Waals surface area contributed by atoms with Crippen LogP contribution in [0.2, 0.25) is 0 Å². The second-order valence-electron chi connectivity index (χ2n) is 4.24. The Morgan fingerprint density at radius 3 is 2.50 bits per heavy atom. The molecule has 20 heavy (non-hydrogen) atoms. The molecule has 0 atom stereocenters. The first-order valence-electron chi connectivity index (χ1n) is 5.86. The molecule has 108 valence electrons. The van der Waals surface area contributed by atoms with Crippen molar-refractivity contribution in [3.05, 3.63) is 51.9 Å². The number of sulfonamides is 1. The molecule has 0 aliphatic rings. The molecule has 2 aromatic rings. The van der Waals surface area contributed by atoms with Gasteiger partial charge >= 0.3 is 0 Å². The van der Waals surface area contributed by atoms with Crippen LogP contribution in [0.4, 0.5) is 0 Å². The van der Waals surface area contributed by atoms with E-state index in [-0.39, 0.29) is 29.6 Å². The van der Waals surface area contributed by atoms with Gasteiger partial charge in [-0.1, -0.05) is 28.1 Å². The smallest absolute Gasteiger partial charge is 0.244 e. The molecular formula is C13H14BrNO4S. The molecule has 0 aliphatic carbocycles. The van der Waals surface area contributed by atoms with E-state index in [1.165, 1.54) is 6.07 Å². The fourth-order valence-corrected chi connectivity index (χ4v) is 3.21. The van der Waals surface area contributed by atoms with Gasteiger partial charge in [0.25, 0.3) is 0 Å². The number of rotatable bonds is 5. The molecule has 1 heterocycles. The molecule has 0 saturated heterocycles.